The van der Waals surface area contributed by atoms with Gasteiger partial charge in [-0.2, -0.15) is 5.26 Å². The van der Waals surface area contributed by atoms with E-state index in [1.807, 2.05) is 24.3 Å². The van der Waals surface area contributed by atoms with Gasteiger partial charge in [0, 0.05) is 19.5 Å². The molecule has 1 aromatic rings. The van der Waals surface area contributed by atoms with Crippen molar-refractivity contribution in [3.63, 3.8) is 0 Å². The lowest BCUT2D eigenvalue weighted by atomic mass is 9.72. The Morgan fingerprint density at radius 1 is 1.27 bits per heavy atom. The minimum atomic E-state index is -0.936. The van der Waals surface area contributed by atoms with Crippen molar-refractivity contribution in [3.05, 3.63) is 35.4 Å². The lowest BCUT2D eigenvalue weighted by Gasteiger charge is -2.48. The van der Waals surface area contributed by atoms with E-state index in [4.69, 9.17) is 5.26 Å². The van der Waals surface area contributed by atoms with Gasteiger partial charge in [-0.05, 0) is 62.4 Å². The van der Waals surface area contributed by atoms with Crippen LogP contribution in [0.4, 0.5) is 0 Å². The minimum Gasteiger partial charge on any atom is -0.480 e. The van der Waals surface area contributed by atoms with Gasteiger partial charge in [0.1, 0.15) is 6.04 Å². The van der Waals surface area contributed by atoms with Crippen LogP contribution in [0.3, 0.4) is 0 Å². The number of likely N-dealkylation sites (tertiary alicyclic amines) is 2. The van der Waals surface area contributed by atoms with E-state index in [0.29, 0.717) is 18.5 Å². The zero-order chi connectivity index (χ0) is 18.7. The maximum absolute atomic E-state index is 12.2. The minimum absolute atomic E-state index is 0.0365. The molecule has 0 aliphatic carbocycles. The van der Waals surface area contributed by atoms with Crippen LogP contribution in [0.2, 0.25) is 0 Å². The molecular weight excluding hydrogens is 330 g/mol. The molecule has 0 aromatic heterocycles. The maximum atomic E-state index is 12.2. The molecule has 138 valence electrons. The van der Waals surface area contributed by atoms with Crippen LogP contribution >= 0.6 is 0 Å². The zero-order valence-electron chi connectivity index (χ0n) is 15.1. The van der Waals surface area contributed by atoms with Crippen LogP contribution in [-0.2, 0) is 16.1 Å². The number of hydrogen-bond donors (Lipinski definition) is 1. The Labute approximate surface area is 154 Å². The molecule has 2 heterocycles. The molecule has 0 radical (unpaired) electrons. The van der Waals surface area contributed by atoms with Crippen LogP contribution in [0.15, 0.2) is 24.3 Å². The van der Waals surface area contributed by atoms with E-state index in [1.165, 1.54) is 5.56 Å². The van der Waals surface area contributed by atoms with Crippen molar-refractivity contribution >= 4 is 11.9 Å². The largest absolute Gasteiger partial charge is 0.480 e. The first kappa shape index (κ1) is 18.4. The Bertz CT molecular complexity index is 715. The molecule has 1 atom stereocenters. The molecule has 1 N–H and O–H groups in total. The predicted molar refractivity (Wildman–Crippen MR) is 96.1 cm³/mol. The lowest BCUT2D eigenvalue weighted by molar-refractivity contribution is -0.155. The van der Waals surface area contributed by atoms with Crippen LogP contribution in [0, 0.1) is 16.7 Å². The smallest absolute Gasteiger partial charge is 0.326 e. The molecule has 3 rings (SSSR count). The van der Waals surface area contributed by atoms with Crippen LogP contribution < -0.4 is 0 Å². The van der Waals surface area contributed by atoms with Crippen LogP contribution in [-0.4, -0.2) is 52.5 Å². The summed E-state index contributed by atoms with van der Waals surface area (Å²) in [4.78, 5) is 27.4. The summed E-state index contributed by atoms with van der Waals surface area (Å²) < 4.78 is 0. The summed E-state index contributed by atoms with van der Waals surface area (Å²) in [5, 5.41) is 18.1. The third kappa shape index (κ3) is 3.88. The molecule has 2 aliphatic rings. The van der Waals surface area contributed by atoms with E-state index in [-0.39, 0.29) is 11.3 Å². The second-order valence-electron chi connectivity index (χ2n) is 7.62. The van der Waals surface area contributed by atoms with Crippen molar-refractivity contribution in [1.82, 2.24) is 9.80 Å². The Balaban J connectivity index is 1.59. The number of rotatable bonds is 4. The van der Waals surface area contributed by atoms with E-state index in [2.05, 4.69) is 11.0 Å². The van der Waals surface area contributed by atoms with E-state index >= 15 is 0 Å². The molecular formula is C20H25N3O3. The van der Waals surface area contributed by atoms with Crippen molar-refractivity contribution in [1.29, 1.82) is 5.26 Å². The standard InChI is InChI=1S/C20H25N3O3/c1-15(19(25)26)23-14-20(7-6-18(23)24)8-10-22(11-9-20)13-17-4-2-16(12-21)3-5-17/h2-5,15H,6-11,13-14H2,1H3,(H,25,26)/t15-/m0/s1. The number of carboxylic acid groups (broad SMARTS) is 1. The number of carboxylic acids is 1. The number of carbonyl (C=O) groups is 2. The van der Waals surface area contributed by atoms with Gasteiger partial charge in [0.15, 0.2) is 0 Å². The molecule has 2 saturated heterocycles. The highest BCUT2D eigenvalue weighted by Crippen LogP contribution is 2.41. The SMILES string of the molecule is C[C@@H](C(=O)O)N1CC2(CCC1=O)CCN(Cc1ccc(C#N)cc1)CC2. The second kappa shape index (κ2) is 7.46. The summed E-state index contributed by atoms with van der Waals surface area (Å²) >= 11 is 0. The van der Waals surface area contributed by atoms with E-state index in [0.717, 1.165) is 38.9 Å². The average Bonchev–Trinajstić information content (AvgIpc) is 2.66. The Morgan fingerprint density at radius 3 is 2.50 bits per heavy atom. The van der Waals surface area contributed by atoms with Crippen LogP contribution in [0.25, 0.3) is 0 Å². The first-order chi connectivity index (χ1) is 12.4. The van der Waals surface area contributed by atoms with Gasteiger partial charge in [0.2, 0.25) is 5.91 Å². The molecule has 6 nitrogen and oxygen atoms in total. The van der Waals surface area contributed by atoms with Gasteiger partial charge >= 0.3 is 5.97 Å². The number of aliphatic carboxylic acids is 1. The second-order valence-corrected chi connectivity index (χ2v) is 7.62. The number of nitriles is 1. The summed E-state index contributed by atoms with van der Waals surface area (Å²) in [6, 6.07) is 9.07. The molecule has 0 bridgehead atoms. The fourth-order valence-corrected chi connectivity index (χ4v) is 4.07. The highest BCUT2D eigenvalue weighted by atomic mass is 16.4. The molecule has 0 saturated carbocycles. The fraction of sp³-hybridized carbons (Fsp3) is 0.550. The van der Waals surface area contributed by atoms with Gasteiger partial charge in [0.05, 0.1) is 11.6 Å². The Morgan fingerprint density at radius 2 is 1.92 bits per heavy atom. The number of hydrogen-bond acceptors (Lipinski definition) is 4. The molecule has 2 aliphatic heterocycles. The number of carbonyl (C=O) groups excluding carboxylic acids is 1. The fourth-order valence-electron chi connectivity index (χ4n) is 4.07. The number of piperidine rings is 2. The quantitative estimate of drug-likeness (QED) is 0.895. The summed E-state index contributed by atoms with van der Waals surface area (Å²) in [6.45, 7) is 4.91. The predicted octanol–water partition coefficient (Wildman–Crippen LogP) is 2.24. The first-order valence-electron chi connectivity index (χ1n) is 9.16. The topological polar surface area (TPSA) is 84.6 Å². The third-order valence-electron chi connectivity index (χ3n) is 5.93. The van der Waals surface area contributed by atoms with Gasteiger partial charge in [-0.3, -0.25) is 9.69 Å². The first-order valence-corrected chi connectivity index (χ1v) is 9.16. The summed E-state index contributed by atoms with van der Waals surface area (Å²) in [5.41, 5.74) is 1.92. The van der Waals surface area contributed by atoms with Crippen molar-refractivity contribution in [2.24, 2.45) is 5.41 Å². The van der Waals surface area contributed by atoms with Crippen molar-refractivity contribution in [2.45, 2.75) is 45.2 Å². The molecule has 1 aromatic carbocycles. The zero-order valence-corrected chi connectivity index (χ0v) is 15.1. The molecule has 6 heteroatoms. The number of amides is 1. The molecule has 2 fully saturated rings. The average molecular weight is 355 g/mol. The summed E-state index contributed by atoms with van der Waals surface area (Å²) in [6.07, 6.45) is 3.28. The highest BCUT2D eigenvalue weighted by molar-refractivity contribution is 5.84. The van der Waals surface area contributed by atoms with Crippen LogP contribution in [0.5, 0.6) is 0 Å². The Hall–Kier alpha value is -2.39. The number of benzene rings is 1. The van der Waals surface area contributed by atoms with Gasteiger partial charge in [-0.15, -0.1) is 0 Å². The molecule has 26 heavy (non-hydrogen) atoms. The Kier molecular flexibility index (Phi) is 5.28. The molecule has 0 unspecified atom stereocenters. The van der Waals surface area contributed by atoms with Gasteiger partial charge < -0.3 is 10.0 Å². The lowest BCUT2D eigenvalue weighted by Crippen LogP contribution is -2.55. The molecule has 1 amide bonds. The molecule has 1 spiro atoms. The van der Waals surface area contributed by atoms with Crippen LogP contribution in [0.1, 0.15) is 43.7 Å². The number of nitrogens with zero attached hydrogens (tertiary/aromatic N) is 3. The van der Waals surface area contributed by atoms with Gasteiger partial charge in [-0.25, -0.2) is 4.79 Å². The summed E-state index contributed by atoms with van der Waals surface area (Å²) in [5.74, 6) is -0.973. The summed E-state index contributed by atoms with van der Waals surface area (Å²) in [7, 11) is 0. The van der Waals surface area contributed by atoms with E-state index in [9.17, 15) is 14.7 Å². The van der Waals surface area contributed by atoms with Gasteiger partial charge in [0.25, 0.3) is 0 Å². The normalized spacial score (nSPS) is 21.4. The maximum Gasteiger partial charge on any atom is 0.326 e. The van der Waals surface area contributed by atoms with Crippen molar-refractivity contribution in [2.75, 3.05) is 19.6 Å². The van der Waals surface area contributed by atoms with Crippen molar-refractivity contribution in [3.8, 4) is 6.07 Å². The van der Waals surface area contributed by atoms with E-state index < -0.39 is 12.0 Å². The third-order valence-corrected chi connectivity index (χ3v) is 5.93. The van der Waals surface area contributed by atoms with E-state index in [1.54, 1.807) is 11.8 Å². The highest BCUT2D eigenvalue weighted by Gasteiger charge is 2.43. The van der Waals surface area contributed by atoms with Crippen molar-refractivity contribution < 1.29 is 14.7 Å². The monoisotopic (exact) mass is 355 g/mol. The van der Waals surface area contributed by atoms with Gasteiger partial charge in [-0.1, -0.05) is 12.1 Å².